The summed E-state index contributed by atoms with van der Waals surface area (Å²) < 4.78 is 0. The molecule has 3 aromatic rings. The Hall–Kier alpha value is -1.59. The van der Waals surface area contributed by atoms with E-state index in [4.69, 9.17) is 11.6 Å². The Kier molecular flexibility index (Phi) is 3.40. The normalized spacial score (nSPS) is 11.1. The molecule has 0 unspecified atom stereocenters. The zero-order valence-corrected chi connectivity index (χ0v) is 11.8. The van der Waals surface area contributed by atoms with Gasteiger partial charge in [-0.1, -0.05) is 29.4 Å². The van der Waals surface area contributed by atoms with Gasteiger partial charge >= 0.3 is 0 Å². The van der Waals surface area contributed by atoms with E-state index in [1.165, 1.54) is 5.56 Å². The van der Waals surface area contributed by atoms with Crippen LogP contribution in [0.1, 0.15) is 11.3 Å². The fraction of sp³-hybridized carbons (Fsp3) is 0.154. The van der Waals surface area contributed by atoms with Crippen molar-refractivity contribution in [2.75, 3.05) is 0 Å². The maximum atomic E-state index is 5.70. The van der Waals surface area contributed by atoms with Crippen molar-refractivity contribution in [3.8, 4) is 0 Å². The predicted molar refractivity (Wildman–Crippen MR) is 77.4 cm³/mol. The molecular weight excluding hydrogens is 280 g/mol. The molecule has 0 saturated carbocycles. The predicted octanol–water partition coefficient (Wildman–Crippen LogP) is 3.61. The van der Waals surface area contributed by atoms with Crippen molar-refractivity contribution < 1.29 is 0 Å². The standard InChI is InChI=1S/C13H11ClN4S/c1-8-2-4-10-11(6-8)16-13(15-10)19-7-9-3-5-12(14)18-17-9/h2-6H,7H2,1H3,(H,15,16). The summed E-state index contributed by atoms with van der Waals surface area (Å²) >= 11 is 7.30. The highest BCUT2D eigenvalue weighted by Crippen LogP contribution is 2.22. The van der Waals surface area contributed by atoms with Gasteiger partial charge < -0.3 is 4.98 Å². The molecule has 1 aromatic carbocycles. The molecule has 4 nitrogen and oxygen atoms in total. The van der Waals surface area contributed by atoms with E-state index in [0.29, 0.717) is 10.9 Å². The molecule has 0 aliphatic rings. The summed E-state index contributed by atoms with van der Waals surface area (Å²) in [5.74, 6) is 0.711. The lowest BCUT2D eigenvalue weighted by atomic mass is 10.2. The van der Waals surface area contributed by atoms with Crippen LogP contribution in [0.3, 0.4) is 0 Å². The quantitative estimate of drug-likeness (QED) is 0.749. The minimum Gasteiger partial charge on any atom is -0.333 e. The van der Waals surface area contributed by atoms with Gasteiger partial charge in [-0.2, -0.15) is 5.10 Å². The first-order chi connectivity index (χ1) is 9.20. The monoisotopic (exact) mass is 290 g/mol. The van der Waals surface area contributed by atoms with Gasteiger partial charge in [-0.15, -0.1) is 5.10 Å². The second kappa shape index (κ2) is 5.19. The smallest absolute Gasteiger partial charge is 0.166 e. The molecule has 0 saturated heterocycles. The van der Waals surface area contributed by atoms with Gasteiger partial charge in [0.1, 0.15) is 0 Å². The van der Waals surface area contributed by atoms with Crippen molar-refractivity contribution in [3.05, 3.63) is 46.7 Å². The molecule has 0 atom stereocenters. The SMILES string of the molecule is Cc1ccc2nc(SCc3ccc(Cl)nn3)[nH]c2c1. The zero-order chi connectivity index (χ0) is 13.2. The first-order valence-corrected chi connectivity index (χ1v) is 7.14. The molecule has 19 heavy (non-hydrogen) atoms. The van der Waals surface area contributed by atoms with E-state index >= 15 is 0 Å². The summed E-state index contributed by atoms with van der Waals surface area (Å²) in [5.41, 5.74) is 4.14. The van der Waals surface area contributed by atoms with Crippen molar-refractivity contribution in [2.24, 2.45) is 0 Å². The van der Waals surface area contributed by atoms with Crippen molar-refractivity contribution >= 4 is 34.4 Å². The lowest BCUT2D eigenvalue weighted by Gasteiger charge is -1.96. The van der Waals surface area contributed by atoms with Crippen LogP contribution in [0.15, 0.2) is 35.5 Å². The fourth-order valence-corrected chi connectivity index (χ4v) is 2.62. The number of nitrogens with zero attached hydrogens (tertiary/aromatic N) is 3. The van der Waals surface area contributed by atoms with E-state index < -0.39 is 0 Å². The molecule has 3 rings (SSSR count). The number of imidazole rings is 1. The molecule has 0 spiro atoms. The summed E-state index contributed by atoms with van der Waals surface area (Å²) in [4.78, 5) is 7.82. The third-order valence-electron chi connectivity index (χ3n) is 2.66. The summed E-state index contributed by atoms with van der Waals surface area (Å²) in [7, 11) is 0. The number of benzene rings is 1. The molecule has 0 fully saturated rings. The number of hydrogen-bond acceptors (Lipinski definition) is 4. The summed E-state index contributed by atoms with van der Waals surface area (Å²) in [6.45, 7) is 2.07. The number of nitrogens with one attached hydrogen (secondary N) is 1. The Bertz CT molecular complexity index is 708. The second-order valence-electron chi connectivity index (χ2n) is 4.20. The van der Waals surface area contributed by atoms with Gasteiger partial charge in [0.2, 0.25) is 0 Å². The zero-order valence-electron chi connectivity index (χ0n) is 10.2. The number of aryl methyl sites for hydroxylation is 1. The minimum absolute atomic E-state index is 0.410. The Morgan fingerprint density at radius 1 is 1.21 bits per heavy atom. The van der Waals surface area contributed by atoms with Crippen LogP contribution in [-0.2, 0) is 5.75 Å². The molecule has 96 valence electrons. The van der Waals surface area contributed by atoms with Crippen LogP contribution < -0.4 is 0 Å². The van der Waals surface area contributed by atoms with Gasteiger partial charge in [0.25, 0.3) is 0 Å². The Morgan fingerprint density at radius 2 is 2.11 bits per heavy atom. The van der Waals surface area contributed by atoms with E-state index in [0.717, 1.165) is 21.9 Å². The highest BCUT2D eigenvalue weighted by atomic mass is 35.5. The Labute approximate surface area is 119 Å². The summed E-state index contributed by atoms with van der Waals surface area (Å²) in [6, 6.07) is 9.78. The molecular formula is C13H11ClN4S. The average Bonchev–Trinajstić information content (AvgIpc) is 2.80. The third-order valence-corrected chi connectivity index (χ3v) is 3.77. The van der Waals surface area contributed by atoms with Crippen molar-refractivity contribution in [3.63, 3.8) is 0 Å². The number of thioether (sulfide) groups is 1. The molecule has 0 radical (unpaired) electrons. The first-order valence-electron chi connectivity index (χ1n) is 5.78. The van der Waals surface area contributed by atoms with E-state index in [9.17, 15) is 0 Å². The van der Waals surface area contributed by atoms with Crippen LogP contribution in [0.25, 0.3) is 11.0 Å². The number of fused-ring (bicyclic) bond motifs is 1. The van der Waals surface area contributed by atoms with E-state index in [-0.39, 0.29) is 0 Å². The average molecular weight is 291 g/mol. The lowest BCUT2D eigenvalue weighted by Crippen LogP contribution is -1.90. The number of aromatic amines is 1. The first kappa shape index (κ1) is 12.4. The van der Waals surface area contributed by atoms with Gasteiger partial charge in [0.15, 0.2) is 10.3 Å². The van der Waals surface area contributed by atoms with Crippen LogP contribution >= 0.6 is 23.4 Å². The minimum atomic E-state index is 0.410. The van der Waals surface area contributed by atoms with E-state index in [1.54, 1.807) is 17.8 Å². The topological polar surface area (TPSA) is 54.5 Å². The van der Waals surface area contributed by atoms with Crippen molar-refractivity contribution in [2.45, 2.75) is 17.8 Å². The molecule has 0 aliphatic heterocycles. The maximum absolute atomic E-state index is 5.70. The Morgan fingerprint density at radius 3 is 2.89 bits per heavy atom. The van der Waals surface area contributed by atoms with Gasteiger partial charge in [0, 0.05) is 5.75 Å². The number of rotatable bonds is 3. The van der Waals surface area contributed by atoms with Crippen molar-refractivity contribution in [1.29, 1.82) is 0 Å². The summed E-state index contributed by atoms with van der Waals surface area (Å²) in [5, 5.41) is 9.13. The van der Waals surface area contributed by atoms with Gasteiger partial charge in [-0.25, -0.2) is 4.98 Å². The lowest BCUT2D eigenvalue weighted by molar-refractivity contribution is 0.968. The molecule has 0 amide bonds. The highest BCUT2D eigenvalue weighted by Gasteiger charge is 2.05. The molecule has 2 heterocycles. The molecule has 6 heteroatoms. The Balaban J connectivity index is 1.76. The van der Waals surface area contributed by atoms with Crippen LogP contribution in [0.5, 0.6) is 0 Å². The highest BCUT2D eigenvalue weighted by molar-refractivity contribution is 7.98. The van der Waals surface area contributed by atoms with Gasteiger partial charge in [0.05, 0.1) is 16.7 Å². The maximum Gasteiger partial charge on any atom is 0.166 e. The van der Waals surface area contributed by atoms with Gasteiger partial charge in [-0.3, -0.25) is 0 Å². The van der Waals surface area contributed by atoms with E-state index in [2.05, 4.69) is 39.2 Å². The molecule has 0 aliphatic carbocycles. The van der Waals surface area contributed by atoms with Crippen LogP contribution in [0.2, 0.25) is 5.15 Å². The molecule has 0 bridgehead atoms. The summed E-state index contributed by atoms with van der Waals surface area (Å²) in [6.07, 6.45) is 0. The third kappa shape index (κ3) is 2.88. The largest absolute Gasteiger partial charge is 0.333 e. The van der Waals surface area contributed by atoms with Crippen LogP contribution in [-0.4, -0.2) is 20.2 Å². The number of aromatic nitrogens is 4. The van der Waals surface area contributed by atoms with Crippen LogP contribution in [0.4, 0.5) is 0 Å². The fourth-order valence-electron chi connectivity index (χ4n) is 1.73. The molecule has 2 aromatic heterocycles. The molecule has 1 N–H and O–H groups in total. The van der Waals surface area contributed by atoms with E-state index in [1.807, 2.05) is 12.1 Å². The van der Waals surface area contributed by atoms with Gasteiger partial charge in [-0.05, 0) is 36.8 Å². The second-order valence-corrected chi connectivity index (χ2v) is 5.55. The van der Waals surface area contributed by atoms with Crippen LogP contribution in [0, 0.1) is 6.92 Å². The number of H-pyrrole nitrogens is 1. The van der Waals surface area contributed by atoms with Crippen molar-refractivity contribution in [1.82, 2.24) is 20.2 Å². The number of halogens is 1. The number of hydrogen-bond donors (Lipinski definition) is 1.